The van der Waals surface area contributed by atoms with Crippen LogP contribution in [0.5, 0.6) is 0 Å². The van der Waals surface area contributed by atoms with E-state index < -0.39 is 11.4 Å². The van der Waals surface area contributed by atoms with Crippen molar-refractivity contribution in [3.05, 3.63) is 16.4 Å². The molecule has 0 fully saturated rings. The number of carbonyl (C=O) groups is 1. The summed E-state index contributed by atoms with van der Waals surface area (Å²) in [6, 6.07) is 0. The molecule has 0 saturated heterocycles. The summed E-state index contributed by atoms with van der Waals surface area (Å²) in [5, 5.41) is 14.4. The number of hydrogen-bond acceptors (Lipinski definition) is 2. The molecular formula is C13H21ClN2O2. The van der Waals surface area contributed by atoms with Gasteiger partial charge in [0.1, 0.15) is 0 Å². The Morgan fingerprint density at radius 2 is 2.11 bits per heavy atom. The van der Waals surface area contributed by atoms with Crippen molar-refractivity contribution in [3.63, 3.8) is 0 Å². The van der Waals surface area contributed by atoms with Crippen molar-refractivity contribution in [1.82, 2.24) is 9.78 Å². The molecule has 1 atom stereocenters. The Balaban J connectivity index is 3.20. The van der Waals surface area contributed by atoms with Crippen LogP contribution in [0.1, 0.15) is 39.1 Å². The van der Waals surface area contributed by atoms with E-state index in [1.165, 1.54) is 0 Å². The van der Waals surface area contributed by atoms with Gasteiger partial charge < -0.3 is 5.11 Å². The van der Waals surface area contributed by atoms with E-state index in [0.29, 0.717) is 18.0 Å². The highest BCUT2D eigenvalue weighted by Crippen LogP contribution is 2.34. The molecule has 1 unspecified atom stereocenters. The van der Waals surface area contributed by atoms with Gasteiger partial charge in [-0.25, -0.2) is 0 Å². The molecule has 1 N–H and O–H groups in total. The van der Waals surface area contributed by atoms with Crippen molar-refractivity contribution in [2.45, 2.75) is 47.6 Å². The summed E-state index contributed by atoms with van der Waals surface area (Å²) in [7, 11) is 0. The number of aryl methyl sites for hydroxylation is 2. The molecular weight excluding hydrogens is 252 g/mol. The van der Waals surface area contributed by atoms with Gasteiger partial charge in [0.15, 0.2) is 0 Å². The summed E-state index contributed by atoms with van der Waals surface area (Å²) >= 11 is 6.23. The second-order valence-corrected chi connectivity index (χ2v) is 5.59. The number of aromatic nitrogens is 2. The number of aliphatic carboxylic acids is 1. The zero-order chi connectivity index (χ0) is 14.1. The van der Waals surface area contributed by atoms with Gasteiger partial charge in [0.2, 0.25) is 0 Å². The minimum absolute atomic E-state index is 0.0200. The second-order valence-electron chi connectivity index (χ2n) is 5.22. The SMILES string of the molecule is CCn1nc(C)c(Cl)c1CC(C)(C(=O)O)C(C)C. The maximum Gasteiger partial charge on any atom is 0.310 e. The third-order valence-electron chi connectivity index (χ3n) is 3.75. The maximum absolute atomic E-state index is 11.5. The van der Waals surface area contributed by atoms with Crippen LogP contribution in [0.2, 0.25) is 5.02 Å². The molecule has 0 spiro atoms. The summed E-state index contributed by atoms with van der Waals surface area (Å²) in [6.45, 7) is 10.1. The first kappa shape index (κ1) is 15.0. The summed E-state index contributed by atoms with van der Waals surface area (Å²) in [5.41, 5.74) is 0.739. The van der Waals surface area contributed by atoms with E-state index in [1.54, 1.807) is 11.6 Å². The van der Waals surface area contributed by atoms with Crippen LogP contribution in [0.3, 0.4) is 0 Å². The lowest BCUT2D eigenvalue weighted by Gasteiger charge is -2.29. The summed E-state index contributed by atoms with van der Waals surface area (Å²) in [5.74, 6) is -0.776. The van der Waals surface area contributed by atoms with Crippen LogP contribution >= 0.6 is 11.6 Å². The maximum atomic E-state index is 11.5. The van der Waals surface area contributed by atoms with E-state index in [1.807, 2.05) is 27.7 Å². The van der Waals surface area contributed by atoms with Crippen LogP contribution in [0, 0.1) is 18.3 Å². The molecule has 102 valence electrons. The fourth-order valence-electron chi connectivity index (χ4n) is 1.91. The molecule has 0 aliphatic heterocycles. The van der Waals surface area contributed by atoms with Gasteiger partial charge in [0, 0.05) is 13.0 Å². The highest BCUT2D eigenvalue weighted by atomic mass is 35.5. The van der Waals surface area contributed by atoms with Crippen molar-refractivity contribution in [1.29, 1.82) is 0 Å². The molecule has 0 aliphatic rings. The fourth-order valence-corrected chi connectivity index (χ4v) is 2.11. The lowest BCUT2D eigenvalue weighted by molar-refractivity contribution is -0.150. The summed E-state index contributed by atoms with van der Waals surface area (Å²) in [4.78, 5) is 11.5. The summed E-state index contributed by atoms with van der Waals surface area (Å²) in [6.07, 6.45) is 0.396. The molecule has 0 radical (unpaired) electrons. The van der Waals surface area contributed by atoms with Crippen LogP contribution in [0.25, 0.3) is 0 Å². The highest BCUT2D eigenvalue weighted by molar-refractivity contribution is 6.31. The Hall–Kier alpha value is -1.03. The molecule has 0 aliphatic carbocycles. The minimum atomic E-state index is -0.830. The first-order valence-electron chi connectivity index (χ1n) is 6.19. The normalized spacial score (nSPS) is 14.8. The van der Waals surface area contributed by atoms with Crippen LogP contribution in [0.4, 0.5) is 0 Å². The van der Waals surface area contributed by atoms with E-state index in [0.717, 1.165) is 11.4 Å². The molecule has 0 aromatic carbocycles. The van der Waals surface area contributed by atoms with Crippen LogP contribution in [-0.4, -0.2) is 20.9 Å². The number of carboxylic acid groups (broad SMARTS) is 1. The van der Waals surface area contributed by atoms with Gasteiger partial charge in [-0.3, -0.25) is 9.48 Å². The van der Waals surface area contributed by atoms with Crippen molar-refractivity contribution in [2.24, 2.45) is 11.3 Å². The van der Waals surface area contributed by atoms with Gasteiger partial charge in [-0.15, -0.1) is 0 Å². The van der Waals surface area contributed by atoms with Crippen LogP contribution in [0.15, 0.2) is 0 Å². The van der Waals surface area contributed by atoms with Crippen molar-refractivity contribution >= 4 is 17.6 Å². The fraction of sp³-hybridized carbons (Fsp3) is 0.692. The average Bonchev–Trinajstić information content (AvgIpc) is 2.55. The van der Waals surface area contributed by atoms with E-state index in [-0.39, 0.29) is 5.92 Å². The Morgan fingerprint density at radius 1 is 1.56 bits per heavy atom. The number of hydrogen-bond donors (Lipinski definition) is 1. The molecule has 1 aromatic rings. The topological polar surface area (TPSA) is 55.1 Å². The van der Waals surface area contributed by atoms with Gasteiger partial charge >= 0.3 is 5.97 Å². The molecule has 1 rings (SSSR count). The summed E-state index contributed by atoms with van der Waals surface area (Å²) < 4.78 is 1.79. The second kappa shape index (κ2) is 5.31. The van der Waals surface area contributed by atoms with Crippen molar-refractivity contribution < 1.29 is 9.90 Å². The highest BCUT2D eigenvalue weighted by Gasteiger charge is 2.38. The zero-order valence-corrected chi connectivity index (χ0v) is 12.4. The number of rotatable bonds is 5. The van der Waals surface area contributed by atoms with Gasteiger partial charge in [0.05, 0.1) is 21.8 Å². The third-order valence-corrected chi connectivity index (χ3v) is 4.24. The predicted molar refractivity (Wildman–Crippen MR) is 71.9 cm³/mol. The number of halogens is 1. The molecule has 4 nitrogen and oxygen atoms in total. The van der Waals surface area contributed by atoms with Gasteiger partial charge in [-0.05, 0) is 26.7 Å². The Labute approximate surface area is 113 Å². The van der Waals surface area contributed by atoms with Crippen LogP contribution in [-0.2, 0) is 17.8 Å². The molecule has 0 amide bonds. The van der Waals surface area contributed by atoms with E-state index in [9.17, 15) is 9.90 Å². The number of carboxylic acids is 1. The van der Waals surface area contributed by atoms with Gasteiger partial charge in [-0.1, -0.05) is 25.4 Å². The van der Waals surface area contributed by atoms with Crippen molar-refractivity contribution in [3.8, 4) is 0 Å². The molecule has 0 saturated carbocycles. The zero-order valence-electron chi connectivity index (χ0n) is 11.6. The largest absolute Gasteiger partial charge is 0.481 e. The molecule has 0 bridgehead atoms. The van der Waals surface area contributed by atoms with E-state index in [4.69, 9.17) is 11.6 Å². The lowest BCUT2D eigenvalue weighted by Crippen LogP contribution is -2.36. The minimum Gasteiger partial charge on any atom is -0.481 e. The Morgan fingerprint density at radius 3 is 2.50 bits per heavy atom. The molecule has 1 heterocycles. The molecule has 5 heteroatoms. The van der Waals surface area contributed by atoms with Gasteiger partial charge in [0.25, 0.3) is 0 Å². The Kier molecular flexibility index (Phi) is 4.43. The quantitative estimate of drug-likeness (QED) is 0.896. The third kappa shape index (κ3) is 2.53. The first-order chi connectivity index (χ1) is 8.24. The Bertz CT molecular complexity index is 454. The standard InChI is InChI=1S/C13H21ClN2O2/c1-6-16-10(11(14)9(4)15-16)7-13(5,8(2)3)12(17)18/h8H,6-7H2,1-5H3,(H,17,18). The van der Waals surface area contributed by atoms with Crippen LogP contribution < -0.4 is 0 Å². The van der Waals surface area contributed by atoms with E-state index in [2.05, 4.69) is 5.10 Å². The molecule has 1 aromatic heterocycles. The monoisotopic (exact) mass is 272 g/mol. The van der Waals surface area contributed by atoms with Gasteiger partial charge in [-0.2, -0.15) is 5.10 Å². The lowest BCUT2D eigenvalue weighted by atomic mass is 9.75. The molecule has 18 heavy (non-hydrogen) atoms. The number of nitrogens with zero attached hydrogens (tertiary/aromatic N) is 2. The van der Waals surface area contributed by atoms with Crippen molar-refractivity contribution in [2.75, 3.05) is 0 Å². The average molecular weight is 273 g/mol. The first-order valence-corrected chi connectivity index (χ1v) is 6.57. The van der Waals surface area contributed by atoms with E-state index >= 15 is 0 Å². The smallest absolute Gasteiger partial charge is 0.310 e. The predicted octanol–water partition coefficient (Wildman–Crippen LogP) is 3.15.